The first-order valence-corrected chi connectivity index (χ1v) is 8.66. The van der Waals surface area contributed by atoms with Gasteiger partial charge in [-0.15, -0.1) is 0 Å². The van der Waals surface area contributed by atoms with E-state index >= 15 is 0 Å². The van der Waals surface area contributed by atoms with E-state index in [4.69, 9.17) is 4.42 Å². The lowest BCUT2D eigenvalue weighted by Crippen LogP contribution is -2.56. The summed E-state index contributed by atoms with van der Waals surface area (Å²) < 4.78 is 7.11. The molecule has 0 saturated carbocycles. The monoisotopic (exact) mass is 348 g/mol. The fourth-order valence-corrected chi connectivity index (χ4v) is 4.18. The number of nitrogens with zero attached hydrogens (tertiary/aromatic N) is 1. The molecule has 3 saturated heterocycles. The zero-order valence-corrected chi connectivity index (χ0v) is 13.9. The Kier molecular flexibility index (Phi) is 3.56. The lowest BCUT2D eigenvalue weighted by atomic mass is 9.83. The molecule has 4 heteroatoms. The first kappa shape index (κ1) is 13.8. The second-order valence-corrected chi connectivity index (χ2v) is 7.38. The minimum absolute atomic E-state index is 0.265. The van der Waals surface area contributed by atoms with Crippen molar-refractivity contribution < 1.29 is 4.42 Å². The smallest absolute Gasteiger partial charge is 0.134 e. The Morgan fingerprint density at radius 3 is 2.81 bits per heavy atom. The van der Waals surface area contributed by atoms with Crippen molar-refractivity contribution in [3.8, 4) is 0 Å². The number of nitrogens with one attached hydrogen (secondary N) is 1. The molecular weight excluding hydrogens is 328 g/mol. The number of hydrogen-bond acceptors (Lipinski definition) is 3. The molecule has 3 fully saturated rings. The maximum Gasteiger partial charge on any atom is 0.134 e. The number of hydrogen-bond donors (Lipinski definition) is 1. The summed E-state index contributed by atoms with van der Waals surface area (Å²) in [6.07, 6.45) is 2.69. The number of rotatable bonds is 3. The Bertz CT molecular complexity index is 645. The molecule has 0 spiro atoms. The first-order valence-electron chi connectivity index (χ1n) is 7.86. The SMILES string of the molecule is CC(NC1CN2CCC1CC2)c1cc2cc(Br)ccc2o1. The van der Waals surface area contributed by atoms with Crippen LogP contribution in [-0.2, 0) is 0 Å². The molecule has 1 N–H and O–H groups in total. The van der Waals surface area contributed by atoms with Crippen molar-refractivity contribution in [3.63, 3.8) is 0 Å². The highest BCUT2D eigenvalue weighted by atomic mass is 79.9. The Morgan fingerprint density at radius 1 is 1.29 bits per heavy atom. The summed E-state index contributed by atoms with van der Waals surface area (Å²) in [5, 5.41) is 4.96. The maximum absolute atomic E-state index is 6.01. The van der Waals surface area contributed by atoms with Gasteiger partial charge in [0, 0.05) is 22.4 Å². The first-order chi connectivity index (χ1) is 10.2. The molecular formula is C17H21BrN2O. The van der Waals surface area contributed by atoms with Crippen LogP contribution in [0.2, 0.25) is 0 Å². The van der Waals surface area contributed by atoms with E-state index in [0.717, 1.165) is 21.7 Å². The van der Waals surface area contributed by atoms with Gasteiger partial charge in [0.15, 0.2) is 0 Å². The third-order valence-electron chi connectivity index (χ3n) is 5.04. The Labute approximate surface area is 133 Å². The van der Waals surface area contributed by atoms with E-state index in [1.54, 1.807) is 0 Å². The van der Waals surface area contributed by atoms with Crippen molar-refractivity contribution in [2.24, 2.45) is 5.92 Å². The Morgan fingerprint density at radius 2 is 2.10 bits per heavy atom. The molecule has 1 aromatic carbocycles. The lowest BCUT2D eigenvalue weighted by Gasteiger charge is -2.45. The van der Waals surface area contributed by atoms with Crippen LogP contribution in [0.3, 0.4) is 0 Å². The number of benzene rings is 1. The van der Waals surface area contributed by atoms with Crippen molar-refractivity contribution in [3.05, 3.63) is 34.5 Å². The average Bonchev–Trinajstić information content (AvgIpc) is 2.91. The largest absolute Gasteiger partial charge is 0.459 e. The van der Waals surface area contributed by atoms with Crippen LogP contribution in [0.4, 0.5) is 0 Å². The highest BCUT2D eigenvalue weighted by Gasteiger charge is 2.34. The third kappa shape index (κ3) is 2.65. The number of furan rings is 1. The molecule has 2 bridgehead atoms. The fourth-order valence-electron chi connectivity index (χ4n) is 3.81. The van der Waals surface area contributed by atoms with Gasteiger partial charge in [-0.05, 0) is 63.0 Å². The van der Waals surface area contributed by atoms with Crippen LogP contribution < -0.4 is 5.32 Å². The van der Waals surface area contributed by atoms with Gasteiger partial charge >= 0.3 is 0 Å². The topological polar surface area (TPSA) is 28.4 Å². The van der Waals surface area contributed by atoms with E-state index in [-0.39, 0.29) is 6.04 Å². The zero-order chi connectivity index (χ0) is 14.4. The van der Waals surface area contributed by atoms with Crippen LogP contribution in [-0.4, -0.2) is 30.6 Å². The summed E-state index contributed by atoms with van der Waals surface area (Å²) in [7, 11) is 0. The van der Waals surface area contributed by atoms with E-state index in [1.165, 1.54) is 37.9 Å². The van der Waals surface area contributed by atoms with Crippen LogP contribution in [0.25, 0.3) is 11.0 Å². The summed E-state index contributed by atoms with van der Waals surface area (Å²) in [6.45, 7) is 5.98. The lowest BCUT2D eigenvalue weighted by molar-refractivity contribution is 0.0668. The van der Waals surface area contributed by atoms with Gasteiger partial charge in [0.25, 0.3) is 0 Å². The molecule has 3 nitrogen and oxygen atoms in total. The molecule has 112 valence electrons. The predicted octanol–water partition coefficient (Wildman–Crippen LogP) is 3.94. The average molecular weight is 349 g/mol. The van der Waals surface area contributed by atoms with Gasteiger partial charge in [-0.1, -0.05) is 15.9 Å². The maximum atomic E-state index is 6.01. The van der Waals surface area contributed by atoms with Crippen molar-refractivity contribution >= 4 is 26.9 Å². The standard InChI is InChI=1S/C17H21BrN2O/c1-11(19-15-10-20-6-4-12(15)5-7-20)17-9-13-8-14(18)2-3-16(13)21-17/h2-3,8-9,11-12,15,19H,4-7,10H2,1H3. The van der Waals surface area contributed by atoms with Crippen molar-refractivity contribution in [1.29, 1.82) is 0 Å². The summed E-state index contributed by atoms with van der Waals surface area (Å²) >= 11 is 3.52. The highest BCUT2D eigenvalue weighted by Crippen LogP contribution is 2.31. The van der Waals surface area contributed by atoms with Crippen LogP contribution >= 0.6 is 15.9 Å². The van der Waals surface area contributed by atoms with E-state index in [9.17, 15) is 0 Å². The second kappa shape index (κ2) is 5.41. The van der Waals surface area contributed by atoms with E-state index in [0.29, 0.717) is 6.04 Å². The van der Waals surface area contributed by atoms with Crippen LogP contribution in [0.1, 0.15) is 31.6 Å². The zero-order valence-electron chi connectivity index (χ0n) is 12.3. The van der Waals surface area contributed by atoms with Gasteiger partial charge < -0.3 is 14.6 Å². The van der Waals surface area contributed by atoms with Gasteiger partial charge in [0.1, 0.15) is 11.3 Å². The fraction of sp³-hybridized carbons (Fsp3) is 0.529. The number of fused-ring (bicyclic) bond motifs is 4. The van der Waals surface area contributed by atoms with Gasteiger partial charge in [0.2, 0.25) is 0 Å². The molecule has 3 aliphatic rings. The Balaban J connectivity index is 1.52. The normalized spacial score (nSPS) is 29.9. The summed E-state index contributed by atoms with van der Waals surface area (Å²) in [5.74, 6) is 1.88. The third-order valence-corrected chi connectivity index (χ3v) is 5.54. The minimum atomic E-state index is 0.265. The Hall–Kier alpha value is -0.840. The van der Waals surface area contributed by atoms with E-state index in [2.05, 4.69) is 45.2 Å². The quantitative estimate of drug-likeness (QED) is 0.910. The van der Waals surface area contributed by atoms with Gasteiger partial charge in [-0.2, -0.15) is 0 Å². The molecule has 2 aromatic rings. The summed E-state index contributed by atoms with van der Waals surface area (Å²) in [4.78, 5) is 2.58. The molecule has 5 rings (SSSR count). The molecule has 21 heavy (non-hydrogen) atoms. The predicted molar refractivity (Wildman–Crippen MR) is 88.4 cm³/mol. The molecule has 2 atom stereocenters. The van der Waals surface area contributed by atoms with Crippen molar-refractivity contribution in [1.82, 2.24) is 10.2 Å². The molecule has 0 aliphatic carbocycles. The summed E-state index contributed by atoms with van der Waals surface area (Å²) in [6, 6.07) is 9.22. The molecule has 3 aliphatic heterocycles. The molecule has 0 amide bonds. The van der Waals surface area contributed by atoms with Crippen molar-refractivity contribution in [2.75, 3.05) is 19.6 Å². The molecule has 4 heterocycles. The van der Waals surface area contributed by atoms with E-state index < -0.39 is 0 Å². The van der Waals surface area contributed by atoms with Crippen molar-refractivity contribution in [2.45, 2.75) is 31.8 Å². The van der Waals surface area contributed by atoms with E-state index in [1.807, 2.05) is 12.1 Å². The van der Waals surface area contributed by atoms with Gasteiger partial charge in [0.05, 0.1) is 6.04 Å². The van der Waals surface area contributed by atoms with Gasteiger partial charge in [-0.25, -0.2) is 0 Å². The van der Waals surface area contributed by atoms with Crippen LogP contribution in [0, 0.1) is 5.92 Å². The molecule has 0 radical (unpaired) electrons. The van der Waals surface area contributed by atoms with Crippen LogP contribution in [0.5, 0.6) is 0 Å². The second-order valence-electron chi connectivity index (χ2n) is 6.46. The highest BCUT2D eigenvalue weighted by molar-refractivity contribution is 9.10. The summed E-state index contributed by atoms with van der Waals surface area (Å²) in [5.41, 5.74) is 0.968. The number of piperidine rings is 3. The van der Waals surface area contributed by atoms with Gasteiger partial charge in [-0.3, -0.25) is 0 Å². The molecule has 2 unspecified atom stereocenters. The molecule has 1 aromatic heterocycles. The number of halogens is 1. The van der Waals surface area contributed by atoms with Crippen LogP contribution in [0.15, 0.2) is 33.2 Å². The minimum Gasteiger partial charge on any atom is -0.459 e.